The number of hydrogen-bond donors (Lipinski definition) is 1. The number of amides is 1. The molecule has 2 aliphatic rings. The molecule has 5 heterocycles. The van der Waals surface area contributed by atoms with Crippen molar-refractivity contribution in [1.82, 2.24) is 19.4 Å². The second-order valence-electron chi connectivity index (χ2n) is 19.8. The van der Waals surface area contributed by atoms with Gasteiger partial charge < -0.3 is 23.9 Å². The Bertz CT molecular complexity index is 4200. The van der Waals surface area contributed by atoms with Gasteiger partial charge in [0.05, 0.1) is 16.8 Å². The highest BCUT2D eigenvalue weighted by Crippen LogP contribution is 2.54. The van der Waals surface area contributed by atoms with E-state index in [1.165, 1.54) is 50.3 Å². The molecule has 1 N–H and O–H groups in total. The van der Waals surface area contributed by atoms with Crippen molar-refractivity contribution in [2.45, 2.75) is 56.6 Å². The van der Waals surface area contributed by atoms with Crippen molar-refractivity contribution in [3.63, 3.8) is 0 Å². The normalized spacial score (nSPS) is 12.8. The number of thiazole rings is 1. The fraction of sp³-hybridized carbons (Fsp3) is 0.106. The number of fused-ring (bicyclic) bond motifs is 11. The van der Waals surface area contributed by atoms with Crippen LogP contribution < -0.4 is 5.32 Å². The van der Waals surface area contributed by atoms with E-state index >= 15 is 0 Å². The quantitative estimate of drug-likeness (QED) is 0.0463. The van der Waals surface area contributed by atoms with Gasteiger partial charge in [0.1, 0.15) is 13.2 Å². The number of carbonyl (C=O) groups excluding carboxylic acids is 2. The first kappa shape index (κ1) is 50.9. The third-order valence-electron chi connectivity index (χ3n) is 14.7. The second-order valence-corrected chi connectivity index (χ2v) is 26.4. The molecule has 0 saturated heterocycles. The maximum absolute atomic E-state index is 14.1. The van der Waals surface area contributed by atoms with Crippen molar-refractivity contribution in [3.8, 4) is 22.3 Å². The monoisotopic (exact) mass is 1150 g/mol. The Morgan fingerprint density at radius 3 is 1.61 bits per heavy atom. The van der Waals surface area contributed by atoms with Crippen LogP contribution in [0.5, 0.6) is 0 Å². The van der Waals surface area contributed by atoms with Gasteiger partial charge in [-0.15, -0.1) is 11.3 Å². The van der Waals surface area contributed by atoms with Gasteiger partial charge in [-0.3, -0.25) is 0 Å². The molecule has 0 bridgehead atoms. The fourth-order valence-electron chi connectivity index (χ4n) is 11.0. The number of carbonyl (C=O) groups is 2. The number of rotatable bonds is 15. The Hall–Kier alpha value is -7.30. The van der Waals surface area contributed by atoms with Crippen molar-refractivity contribution in [1.29, 1.82) is 0 Å². The molecule has 0 fully saturated rings. The van der Waals surface area contributed by atoms with Crippen molar-refractivity contribution in [2.75, 3.05) is 25.5 Å². The van der Waals surface area contributed by atoms with E-state index < -0.39 is 17.5 Å². The van der Waals surface area contributed by atoms with Crippen LogP contribution in [0.25, 0.3) is 76.1 Å². The lowest BCUT2D eigenvalue weighted by Crippen LogP contribution is -2.41. The van der Waals surface area contributed by atoms with E-state index in [2.05, 4.69) is 209 Å². The van der Waals surface area contributed by atoms with Crippen molar-refractivity contribution in [2.24, 2.45) is 5.41 Å². The van der Waals surface area contributed by atoms with Crippen LogP contribution in [0.3, 0.4) is 0 Å². The zero-order valence-corrected chi connectivity index (χ0v) is 47.8. The standard InChI is InChI=1S/C66H48N4O4S6/c1-2-61(71)73-34-33-67-64(72)74-39-66(40-75-65-68-49-19-5-8-22-54(49)80-65,37-69-50-20-6-3-15-45(50)47-31-29-41(35-52(47)69)43-17-13-27-59-62(43)78-57-25-11-9-23-55(57)76-59)38-70-51-21-7-4-16-46(51)48-32-30-42(36-53(48)70)44-18-14-28-60-63(44)79-58-26-12-10-24-56(58)77-60/h2-32,35-36H,1,33-34,37-40H2,(H,67,72). The minimum atomic E-state index is -0.797. The number of nitrogens with zero attached hydrogens (tertiary/aromatic N) is 3. The van der Waals surface area contributed by atoms with Gasteiger partial charge in [0.15, 0.2) is 4.34 Å². The van der Waals surface area contributed by atoms with E-state index in [9.17, 15) is 9.59 Å². The molecule has 0 spiro atoms. The van der Waals surface area contributed by atoms with Crippen LogP contribution in [0, 0.1) is 5.41 Å². The smallest absolute Gasteiger partial charge is 0.407 e. The number of alkyl carbamates (subject to hydrolysis) is 1. The fourth-order valence-corrected chi connectivity index (χ4v) is 18.1. The molecule has 0 aliphatic carbocycles. The summed E-state index contributed by atoms with van der Waals surface area (Å²) < 4.78 is 18.8. The molecule has 0 saturated carbocycles. The van der Waals surface area contributed by atoms with Crippen LogP contribution in [0.2, 0.25) is 0 Å². The number of para-hydroxylation sites is 3. The first-order chi connectivity index (χ1) is 39.3. The molecule has 80 heavy (non-hydrogen) atoms. The third-order valence-corrected chi connectivity index (χ3v) is 22.5. The minimum absolute atomic E-state index is 0.0193. The van der Waals surface area contributed by atoms with Crippen LogP contribution in [0.15, 0.2) is 250 Å². The van der Waals surface area contributed by atoms with Crippen LogP contribution in [0.1, 0.15) is 0 Å². The zero-order valence-electron chi connectivity index (χ0n) is 42.9. The Balaban J connectivity index is 0.935. The zero-order chi connectivity index (χ0) is 53.7. The number of ether oxygens (including phenoxy) is 2. The molecule has 2 aliphatic heterocycles. The molecule has 8 nitrogen and oxygen atoms in total. The lowest BCUT2D eigenvalue weighted by atomic mass is 9.90. The molecular formula is C66H48N4O4S6. The molecule has 12 aromatic rings. The van der Waals surface area contributed by atoms with Gasteiger partial charge in [-0.1, -0.05) is 187 Å². The molecule has 0 radical (unpaired) electrons. The van der Waals surface area contributed by atoms with Crippen molar-refractivity contribution in [3.05, 3.63) is 207 Å². The third kappa shape index (κ3) is 9.65. The summed E-state index contributed by atoms with van der Waals surface area (Å²) in [4.78, 5) is 41.3. The minimum Gasteiger partial charge on any atom is -0.461 e. The highest BCUT2D eigenvalue weighted by Gasteiger charge is 2.37. The average molecular weight is 1150 g/mol. The maximum atomic E-state index is 14.1. The van der Waals surface area contributed by atoms with Crippen LogP contribution in [-0.2, 0) is 27.4 Å². The molecule has 0 unspecified atom stereocenters. The first-order valence-electron chi connectivity index (χ1n) is 26.2. The summed E-state index contributed by atoms with van der Waals surface area (Å²) in [5, 5.41) is 7.45. The topological polar surface area (TPSA) is 87.4 Å². The predicted octanol–water partition coefficient (Wildman–Crippen LogP) is 18.0. The highest BCUT2D eigenvalue weighted by atomic mass is 32.2. The second kappa shape index (κ2) is 21.6. The number of thioether (sulfide) groups is 1. The van der Waals surface area contributed by atoms with Gasteiger partial charge in [0, 0.05) is 113 Å². The van der Waals surface area contributed by atoms with E-state index in [0.717, 1.165) is 75.4 Å². The van der Waals surface area contributed by atoms with Crippen LogP contribution in [-0.4, -0.2) is 51.7 Å². The first-order valence-corrected chi connectivity index (χ1v) is 31.3. The Morgan fingerprint density at radius 1 is 0.550 bits per heavy atom. The van der Waals surface area contributed by atoms with Gasteiger partial charge in [0.25, 0.3) is 0 Å². The van der Waals surface area contributed by atoms with E-state index in [0.29, 0.717) is 18.8 Å². The number of hydrogen-bond acceptors (Lipinski definition) is 11. The summed E-state index contributed by atoms with van der Waals surface area (Å²) >= 11 is 10.7. The van der Waals surface area contributed by atoms with Crippen LogP contribution >= 0.6 is 70.1 Å². The summed E-state index contributed by atoms with van der Waals surface area (Å²) in [6, 6.07) is 70.0. The van der Waals surface area contributed by atoms with E-state index in [1.807, 2.05) is 53.1 Å². The number of benzene rings is 9. The van der Waals surface area contributed by atoms with E-state index in [-0.39, 0.29) is 19.8 Å². The van der Waals surface area contributed by atoms with E-state index in [4.69, 9.17) is 14.5 Å². The Morgan fingerprint density at radius 2 is 1.05 bits per heavy atom. The SMILES string of the molecule is C=CC(=O)OCCNC(=O)OCC(CSc1nc2ccccc2s1)(Cn1c2ccccc2c2ccc(-c3cccc4c3Sc3ccccc3S4)cc21)Cn1c2ccccc2c2ccc(-c3cccc4c3Sc3ccccc3S4)cc21. The molecule has 1 amide bonds. The summed E-state index contributed by atoms with van der Waals surface area (Å²) in [5.74, 6) is -0.0165. The molecule has 14 heteroatoms. The number of nitrogens with one attached hydrogen (secondary N) is 1. The molecule has 392 valence electrons. The Kier molecular flexibility index (Phi) is 13.8. The van der Waals surface area contributed by atoms with E-state index in [1.54, 1.807) is 23.1 Å². The molecule has 9 aromatic carbocycles. The summed E-state index contributed by atoms with van der Waals surface area (Å²) in [5.41, 5.74) is 9.15. The molecule has 3 aromatic heterocycles. The van der Waals surface area contributed by atoms with Gasteiger partial charge in [-0.25, -0.2) is 14.6 Å². The predicted molar refractivity (Wildman–Crippen MR) is 332 cm³/mol. The summed E-state index contributed by atoms with van der Waals surface area (Å²) in [7, 11) is 0. The van der Waals surface area contributed by atoms with Crippen molar-refractivity contribution < 1.29 is 19.1 Å². The van der Waals surface area contributed by atoms with Crippen LogP contribution in [0.4, 0.5) is 4.79 Å². The summed E-state index contributed by atoms with van der Waals surface area (Å²) in [6.45, 7) is 4.56. The number of esters is 1. The molecular weight excluding hydrogens is 1110 g/mol. The average Bonchev–Trinajstić information content (AvgIpc) is 4.32. The van der Waals surface area contributed by atoms with Gasteiger partial charge in [-0.05, 0) is 95.1 Å². The van der Waals surface area contributed by atoms with Crippen molar-refractivity contribution >= 4 is 136 Å². The molecule has 0 atom stereocenters. The van der Waals surface area contributed by atoms with Gasteiger partial charge in [0.2, 0.25) is 0 Å². The highest BCUT2D eigenvalue weighted by molar-refractivity contribution is 8.05. The largest absolute Gasteiger partial charge is 0.461 e. The lowest BCUT2D eigenvalue weighted by molar-refractivity contribution is -0.137. The van der Waals surface area contributed by atoms with Gasteiger partial charge >= 0.3 is 12.1 Å². The molecule has 14 rings (SSSR count). The van der Waals surface area contributed by atoms with Gasteiger partial charge in [-0.2, -0.15) is 0 Å². The Labute approximate surface area is 487 Å². The number of aromatic nitrogens is 3. The summed E-state index contributed by atoms with van der Waals surface area (Å²) in [6.07, 6.45) is 0.514. The maximum Gasteiger partial charge on any atom is 0.407 e. The lowest BCUT2D eigenvalue weighted by Gasteiger charge is -2.35.